The predicted molar refractivity (Wildman–Crippen MR) is 129 cm³/mol. The minimum absolute atomic E-state index is 0.0155. The van der Waals surface area contributed by atoms with Crippen molar-refractivity contribution in [2.75, 3.05) is 0 Å². The summed E-state index contributed by atoms with van der Waals surface area (Å²) in [6, 6.07) is 12.9. The van der Waals surface area contributed by atoms with Crippen molar-refractivity contribution < 1.29 is 14.4 Å². The van der Waals surface area contributed by atoms with Crippen LogP contribution in [0.15, 0.2) is 53.3 Å². The zero-order valence-corrected chi connectivity index (χ0v) is 19.7. The van der Waals surface area contributed by atoms with Gasteiger partial charge in [-0.2, -0.15) is 5.10 Å². The number of nitrogens with zero attached hydrogens (tertiary/aromatic N) is 2. The van der Waals surface area contributed by atoms with E-state index in [0.29, 0.717) is 22.8 Å². The maximum atomic E-state index is 12.9. The molecule has 3 N–H and O–H groups in total. The predicted octanol–water partition coefficient (Wildman–Crippen LogP) is 2.33. The van der Waals surface area contributed by atoms with Crippen LogP contribution in [0.1, 0.15) is 53.6 Å². The van der Waals surface area contributed by atoms with E-state index >= 15 is 0 Å². The van der Waals surface area contributed by atoms with Crippen molar-refractivity contribution in [3.05, 3.63) is 75.7 Å². The minimum atomic E-state index is -0.860. The van der Waals surface area contributed by atoms with Crippen molar-refractivity contribution in [1.29, 1.82) is 0 Å². The number of hydrogen-bond acceptors (Lipinski definition) is 5. The number of hydrazine groups is 1. The summed E-state index contributed by atoms with van der Waals surface area (Å²) in [5.41, 5.74) is 5.75. The Morgan fingerprint density at radius 1 is 0.941 bits per heavy atom. The largest absolute Gasteiger partial charge is 0.340 e. The number of fused-ring (bicyclic) bond motifs is 1. The Balaban J connectivity index is 1.77. The van der Waals surface area contributed by atoms with Gasteiger partial charge in [0.05, 0.1) is 5.39 Å². The summed E-state index contributed by atoms with van der Waals surface area (Å²) in [5, 5.41) is 7.66. The van der Waals surface area contributed by atoms with Gasteiger partial charge in [-0.05, 0) is 43.9 Å². The molecule has 178 valence electrons. The van der Waals surface area contributed by atoms with Crippen LogP contribution in [-0.4, -0.2) is 33.5 Å². The van der Waals surface area contributed by atoms with Gasteiger partial charge in [-0.1, -0.05) is 50.2 Å². The van der Waals surface area contributed by atoms with Crippen LogP contribution in [0, 0.1) is 12.8 Å². The van der Waals surface area contributed by atoms with Gasteiger partial charge in [0.25, 0.3) is 23.3 Å². The summed E-state index contributed by atoms with van der Waals surface area (Å²) in [6.45, 7) is 7.73. The third kappa shape index (κ3) is 5.48. The Labute approximate surface area is 197 Å². The van der Waals surface area contributed by atoms with Crippen LogP contribution in [0.4, 0.5) is 0 Å². The quantitative estimate of drug-likeness (QED) is 0.464. The van der Waals surface area contributed by atoms with Gasteiger partial charge in [0.2, 0.25) is 0 Å². The van der Waals surface area contributed by atoms with Gasteiger partial charge >= 0.3 is 0 Å². The van der Waals surface area contributed by atoms with E-state index < -0.39 is 17.9 Å². The zero-order valence-electron chi connectivity index (χ0n) is 19.7. The fourth-order valence-electron chi connectivity index (χ4n) is 3.65. The lowest BCUT2D eigenvalue weighted by atomic mass is 10.0. The van der Waals surface area contributed by atoms with E-state index in [2.05, 4.69) is 21.3 Å². The highest BCUT2D eigenvalue weighted by molar-refractivity contribution is 6.05. The Kier molecular flexibility index (Phi) is 7.78. The van der Waals surface area contributed by atoms with Crippen LogP contribution in [-0.2, 0) is 11.3 Å². The van der Waals surface area contributed by atoms with Crippen molar-refractivity contribution in [2.45, 2.75) is 46.7 Å². The molecule has 3 aromatic rings. The monoisotopic (exact) mass is 463 g/mol. The molecule has 3 rings (SSSR count). The lowest BCUT2D eigenvalue weighted by Gasteiger charge is -2.21. The van der Waals surface area contributed by atoms with Crippen LogP contribution in [0.5, 0.6) is 0 Å². The van der Waals surface area contributed by atoms with E-state index in [-0.39, 0.29) is 29.6 Å². The first-order valence-corrected chi connectivity index (χ1v) is 11.2. The van der Waals surface area contributed by atoms with Gasteiger partial charge in [0.15, 0.2) is 5.69 Å². The molecule has 0 radical (unpaired) electrons. The summed E-state index contributed by atoms with van der Waals surface area (Å²) < 4.78 is 1.20. The molecule has 1 aromatic heterocycles. The molecule has 34 heavy (non-hydrogen) atoms. The van der Waals surface area contributed by atoms with Crippen LogP contribution in [0.2, 0.25) is 0 Å². The number of benzene rings is 2. The second kappa shape index (κ2) is 10.7. The Morgan fingerprint density at radius 2 is 1.59 bits per heavy atom. The number of carbonyl (C=O) groups is 3. The summed E-state index contributed by atoms with van der Waals surface area (Å²) in [7, 11) is 0. The smallest absolute Gasteiger partial charge is 0.290 e. The summed E-state index contributed by atoms with van der Waals surface area (Å²) in [5.74, 6) is -1.48. The molecule has 0 aliphatic rings. The third-order valence-electron chi connectivity index (χ3n) is 5.40. The summed E-state index contributed by atoms with van der Waals surface area (Å²) >= 11 is 0. The second-order valence-electron chi connectivity index (χ2n) is 8.43. The Hall–Kier alpha value is -4.01. The van der Waals surface area contributed by atoms with Crippen LogP contribution in [0.3, 0.4) is 0 Å². The van der Waals surface area contributed by atoms with Crippen LogP contribution < -0.4 is 21.7 Å². The lowest BCUT2D eigenvalue weighted by molar-refractivity contribution is -0.124. The van der Waals surface area contributed by atoms with Gasteiger partial charge in [-0.3, -0.25) is 30.0 Å². The first-order chi connectivity index (χ1) is 16.2. The fourth-order valence-corrected chi connectivity index (χ4v) is 3.65. The van der Waals surface area contributed by atoms with Crippen molar-refractivity contribution in [1.82, 2.24) is 25.9 Å². The van der Waals surface area contributed by atoms with Crippen molar-refractivity contribution >= 4 is 28.5 Å². The molecule has 0 aliphatic heterocycles. The summed E-state index contributed by atoms with van der Waals surface area (Å²) in [4.78, 5) is 51.0. The first-order valence-electron chi connectivity index (χ1n) is 11.2. The van der Waals surface area contributed by atoms with E-state index in [0.717, 1.165) is 5.56 Å². The number of hydrogen-bond donors (Lipinski definition) is 3. The van der Waals surface area contributed by atoms with Crippen molar-refractivity contribution in [3.8, 4) is 0 Å². The molecule has 0 fully saturated rings. The number of aryl methyl sites for hydroxylation is 2. The molecule has 3 amide bonds. The van der Waals surface area contributed by atoms with E-state index in [9.17, 15) is 19.2 Å². The molecule has 0 saturated heterocycles. The maximum absolute atomic E-state index is 12.9. The number of carbonyl (C=O) groups excluding carboxylic acids is 3. The first kappa shape index (κ1) is 24.6. The average molecular weight is 464 g/mol. The molecule has 0 spiro atoms. The highest BCUT2D eigenvalue weighted by Crippen LogP contribution is 2.13. The number of rotatable bonds is 7. The van der Waals surface area contributed by atoms with E-state index in [1.54, 1.807) is 43.3 Å². The molecule has 1 unspecified atom stereocenters. The molecule has 9 nitrogen and oxygen atoms in total. The highest BCUT2D eigenvalue weighted by Gasteiger charge is 2.24. The molecule has 0 bridgehead atoms. The Bertz CT molecular complexity index is 1280. The van der Waals surface area contributed by atoms with Crippen molar-refractivity contribution in [3.63, 3.8) is 0 Å². The van der Waals surface area contributed by atoms with E-state index in [1.165, 1.54) is 4.68 Å². The zero-order chi connectivity index (χ0) is 24.8. The average Bonchev–Trinajstić information content (AvgIpc) is 2.82. The Morgan fingerprint density at radius 3 is 2.24 bits per heavy atom. The van der Waals surface area contributed by atoms with E-state index in [1.807, 2.05) is 32.9 Å². The molecular formula is C25H29N5O4. The molecule has 9 heteroatoms. The van der Waals surface area contributed by atoms with Gasteiger partial charge in [0.1, 0.15) is 6.04 Å². The van der Waals surface area contributed by atoms with E-state index in [4.69, 9.17) is 0 Å². The number of aromatic nitrogens is 2. The minimum Gasteiger partial charge on any atom is -0.340 e. The molecule has 2 aromatic carbocycles. The summed E-state index contributed by atoms with van der Waals surface area (Å²) in [6.07, 6.45) is 0.376. The molecule has 0 saturated carbocycles. The van der Waals surface area contributed by atoms with Gasteiger partial charge < -0.3 is 5.32 Å². The second-order valence-corrected chi connectivity index (χ2v) is 8.43. The van der Waals surface area contributed by atoms with Gasteiger partial charge in [-0.25, -0.2) is 4.68 Å². The fraction of sp³-hybridized carbons (Fsp3) is 0.320. The lowest BCUT2D eigenvalue weighted by Crippen LogP contribution is -2.53. The topological polar surface area (TPSA) is 122 Å². The normalized spacial score (nSPS) is 11.8. The van der Waals surface area contributed by atoms with Gasteiger partial charge in [-0.15, -0.1) is 0 Å². The third-order valence-corrected chi connectivity index (χ3v) is 5.40. The van der Waals surface area contributed by atoms with Crippen molar-refractivity contribution in [2.24, 2.45) is 5.92 Å². The molecule has 0 aliphatic carbocycles. The molecule has 1 heterocycles. The van der Waals surface area contributed by atoms with Gasteiger partial charge in [0, 0.05) is 17.5 Å². The molecular weight excluding hydrogens is 434 g/mol. The number of nitrogens with one attached hydrogen (secondary N) is 3. The molecule has 1 atom stereocenters. The maximum Gasteiger partial charge on any atom is 0.290 e. The highest BCUT2D eigenvalue weighted by atomic mass is 16.2. The SMILES string of the molecule is CCn1nc(C(=O)NNC(=O)C(CC(C)C)NC(=O)c2ccccc2C)c2ccccc2c1=O. The van der Waals surface area contributed by atoms with Crippen LogP contribution in [0.25, 0.3) is 10.8 Å². The van der Waals surface area contributed by atoms with Crippen LogP contribution >= 0.6 is 0 Å². The standard InChI is InChI=1S/C25H29N5O4/c1-5-30-25(34)19-13-9-8-12-18(19)21(29-30)24(33)28-27-23(32)20(14-15(2)3)26-22(31)17-11-7-6-10-16(17)4/h6-13,15,20H,5,14H2,1-4H3,(H,26,31)(H,27,32)(H,28,33). The number of amides is 3.